The van der Waals surface area contributed by atoms with E-state index in [0.717, 1.165) is 61.2 Å². The molecule has 2 rings (SSSR count). The maximum Gasteiger partial charge on any atom is 0.241 e. The summed E-state index contributed by atoms with van der Waals surface area (Å²) >= 11 is 0. The maximum atomic E-state index is 12.9. The van der Waals surface area contributed by atoms with Gasteiger partial charge in [0, 0.05) is 6.04 Å². The van der Waals surface area contributed by atoms with Crippen molar-refractivity contribution in [1.82, 2.24) is 9.62 Å². The summed E-state index contributed by atoms with van der Waals surface area (Å²) in [5.41, 5.74) is 3.80. The van der Waals surface area contributed by atoms with Gasteiger partial charge in [0.05, 0.1) is 4.90 Å². The molecule has 1 aromatic carbocycles. The highest BCUT2D eigenvalue weighted by molar-refractivity contribution is 7.89. The monoisotopic (exact) mass is 338 g/mol. The minimum absolute atomic E-state index is 0.0488. The van der Waals surface area contributed by atoms with Crippen molar-refractivity contribution >= 4 is 10.0 Å². The van der Waals surface area contributed by atoms with Crippen LogP contribution in [0.2, 0.25) is 0 Å². The van der Waals surface area contributed by atoms with Crippen molar-refractivity contribution in [3.05, 3.63) is 28.3 Å². The number of aryl methyl sites for hydroxylation is 2. The molecule has 0 atom stereocenters. The molecule has 0 amide bonds. The van der Waals surface area contributed by atoms with Crippen molar-refractivity contribution in [2.75, 3.05) is 19.6 Å². The molecule has 1 heterocycles. The summed E-state index contributed by atoms with van der Waals surface area (Å²) in [5, 5.41) is 0. The number of benzene rings is 1. The van der Waals surface area contributed by atoms with Crippen molar-refractivity contribution in [3.63, 3.8) is 0 Å². The van der Waals surface area contributed by atoms with E-state index in [9.17, 15) is 8.42 Å². The van der Waals surface area contributed by atoms with Crippen molar-refractivity contribution in [2.45, 2.75) is 64.8 Å². The van der Waals surface area contributed by atoms with Gasteiger partial charge in [-0.1, -0.05) is 13.0 Å². The van der Waals surface area contributed by atoms with E-state index in [0.29, 0.717) is 4.90 Å². The third kappa shape index (κ3) is 4.14. The predicted octanol–water partition coefficient (Wildman–Crippen LogP) is 3.07. The Balaban J connectivity index is 2.18. The minimum atomic E-state index is -3.46. The fraction of sp³-hybridized carbons (Fsp3) is 0.667. The lowest BCUT2D eigenvalue weighted by Gasteiger charge is -2.32. The number of nitrogens with one attached hydrogen (secondary N) is 1. The summed E-state index contributed by atoms with van der Waals surface area (Å²) in [6.45, 7) is 13.0. The first-order chi connectivity index (χ1) is 10.8. The van der Waals surface area contributed by atoms with Gasteiger partial charge in [0.25, 0.3) is 0 Å². The Morgan fingerprint density at radius 2 is 1.61 bits per heavy atom. The second kappa shape index (κ2) is 7.32. The van der Waals surface area contributed by atoms with Crippen molar-refractivity contribution in [3.8, 4) is 0 Å². The standard InChI is InChI=1S/C18H30N2O2S/c1-6-9-20-10-7-17(8-11-20)19-23(21,22)18-15(4)13(2)12-14(3)16(18)5/h12,17,19H,6-11H2,1-5H3. The average molecular weight is 339 g/mol. The van der Waals surface area contributed by atoms with E-state index in [4.69, 9.17) is 0 Å². The van der Waals surface area contributed by atoms with E-state index in [2.05, 4.69) is 22.6 Å². The molecule has 4 nitrogen and oxygen atoms in total. The number of hydrogen-bond donors (Lipinski definition) is 1. The van der Waals surface area contributed by atoms with Crippen LogP contribution in [-0.2, 0) is 10.0 Å². The van der Waals surface area contributed by atoms with Crippen LogP contribution in [0.1, 0.15) is 48.4 Å². The number of rotatable bonds is 5. The summed E-state index contributed by atoms with van der Waals surface area (Å²) in [7, 11) is -3.46. The van der Waals surface area contributed by atoms with Crippen LogP contribution in [0.25, 0.3) is 0 Å². The van der Waals surface area contributed by atoms with Crippen molar-refractivity contribution < 1.29 is 8.42 Å². The van der Waals surface area contributed by atoms with Gasteiger partial charge in [-0.2, -0.15) is 0 Å². The molecule has 23 heavy (non-hydrogen) atoms. The fourth-order valence-electron chi connectivity index (χ4n) is 3.45. The summed E-state index contributed by atoms with van der Waals surface area (Å²) in [6, 6.07) is 2.11. The van der Waals surface area contributed by atoms with Crippen LogP contribution < -0.4 is 4.72 Å². The Morgan fingerprint density at radius 1 is 1.09 bits per heavy atom. The first-order valence-electron chi connectivity index (χ1n) is 8.58. The van der Waals surface area contributed by atoms with Gasteiger partial charge >= 0.3 is 0 Å². The van der Waals surface area contributed by atoms with Gasteiger partial charge in [0.1, 0.15) is 0 Å². The Kier molecular flexibility index (Phi) is 5.87. The highest BCUT2D eigenvalue weighted by Crippen LogP contribution is 2.26. The van der Waals surface area contributed by atoms with Crippen molar-refractivity contribution in [1.29, 1.82) is 0 Å². The largest absolute Gasteiger partial charge is 0.303 e. The Hall–Kier alpha value is -0.910. The lowest BCUT2D eigenvalue weighted by atomic mass is 10.0. The first-order valence-corrected chi connectivity index (χ1v) is 10.1. The van der Waals surface area contributed by atoms with Crippen LogP contribution in [0.5, 0.6) is 0 Å². The smallest absolute Gasteiger partial charge is 0.241 e. The van der Waals surface area contributed by atoms with Gasteiger partial charge in [0.2, 0.25) is 10.0 Å². The van der Waals surface area contributed by atoms with Crippen LogP contribution in [0, 0.1) is 27.7 Å². The number of piperidine rings is 1. The zero-order valence-electron chi connectivity index (χ0n) is 15.1. The lowest BCUT2D eigenvalue weighted by molar-refractivity contribution is 0.208. The highest BCUT2D eigenvalue weighted by Gasteiger charge is 2.27. The summed E-state index contributed by atoms with van der Waals surface area (Å²) in [4.78, 5) is 2.89. The first kappa shape index (κ1) is 18.4. The Morgan fingerprint density at radius 3 is 2.09 bits per heavy atom. The lowest BCUT2D eigenvalue weighted by Crippen LogP contribution is -2.45. The molecule has 1 aliphatic heterocycles. The molecule has 0 bridgehead atoms. The van der Waals surface area contributed by atoms with Crippen LogP contribution in [0.4, 0.5) is 0 Å². The van der Waals surface area contributed by atoms with Gasteiger partial charge in [-0.05, 0) is 88.8 Å². The zero-order chi connectivity index (χ0) is 17.2. The predicted molar refractivity (Wildman–Crippen MR) is 95.5 cm³/mol. The zero-order valence-corrected chi connectivity index (χ0v) is 15.9. The van der Waals surface area contributed by atoms with Crippen LogP contribution in [0.15, 0.2) is 11.0 Å². The molecule has 0 aromatic heterocycles. The molecule has 1 aromatic rings. The quantitative estimate of drug-likeness (QED) is 0.897. The summed E-state index contributed by atoms with van der Waals surface area (Å²) < 4.78 is 28.8. The highest BCUT2D eigenvalue weighted by atomic mass is 32.2. The number of sulfonamides is 1. The number of nitrogens with zero attached hydrogens (tertiary/aromatic N) is 1. The summed E-state index contributed by atoms with van der Waals surface area (Å²) in [5.74, 6) is 0. The maximum absolute atomic E-state index is 12.9. The summed E-state index contributed by atoms with van der Waals surface area (Å²) in [6.07, 6.45) is 2.93. The number of hydrogen-bond acceptors (Lipinski definition) is 3. The molecule has 0 saturated carbocycles. The molecule has 0 spiro atoms. The van der Waals surface area contributed by atoms with E-state index in [1.165, 1.54) is 0 Å². The fourth-order valence-corrected chi connectivity index (χ4v) is 5.37. The topological polar surface area (TPSA) is 49.4 Å². The van der Waals surface area contributed by atoms with E-state index >= 15 is 0 Å². The molecule has 1 aliphatic rings. The van der Waals surface area contributed by atoms with E-state index in [1.807, 2.05) is 27.7 Å². The average Bonchev–Trinajstić information content (AvgIpc) is 2.47. The van der Waals surface area contributed by atoms with E-state index in [1.54, 1.807) is 0 Å². The molecule has 5 heteroatoms. The Labute approximate surface area is 141 Å². The minimum Gasteiger partial charge on any atom is -0.303 e. The molecular weight excluding hydrogens is 308 g/mol. The molecule has 1 saturated heterocycles. The van der Waals surface area contributed by atoms with Crippen LogP contribution in [-0.4, -0.2) is 39.0 Å². The Bertz CT molecular complexity index is 634. The molecule has 0 unspecified atom stereocenters. The molecule has 0 radical (unpaired) electrons. The van der Waals surface area contributed by atoms with E-state index < -0.39 is 10.0 Å². The van der Waals surface area contributed by atoms with Crippen LogP contribution >= 0.6 is 0 Å². The molecule has 1 N–H and O–H groups in total. The molecule has 0 aliphatic carbocycles. The second-order valence-electron chi connectivity index (χ2n) is 6.83. The van der Waals surface area contributed by atoms with Gasteiger partial charge in [-0.25, -0.2) is 13.1 Å². The van der Waals surface area contributed by atoms with Crippen molar-refractivity contribution in [2.24, 2.45) is 0 Å². The van der Waals surface area contributed by atoms with Gasteiger partial charge < -0.3 is 4.90 Å². The van der Waals surface area contributed by atoms with Crippen LogP contribution in [0.3, 0.4) is 0 Å². The molecule has 130 valence electrons. The molecule has 1 fully saturated rings. The van der Waals surface area contributed by atoms with Gasteiger partial charge in [-0.15, -0.1) is 0 Å². The second-order valence-corrected chi connectivity index (χ2v) is 8.48. The third-order valence-corrected chi connectivity index (χ3v) is 6.81. The van der Waals surface area contributed by atoms with Gasteiger partial charge in [0.15, 0.2) is 0 Å². The van der Waals surface area contributed by atoms with E-state index in [-0.39, 0.29) is 6.04 Å². The SMILES string of the molecule is CCCN1CCC(NS(=O)(=O)c2c(C)c(C)cc(C)c2C)CC1. The molecular formula is C18H30N2O2S. The van der Waals surface area contributed by atoms with Gasteiger partial charge in [-0.3, -0.25) is 0 Å². The normalized spacial score (nSPS) is 17.6. The number of likely N-dealkylation sites (tertiary alicyclic amines) is 1. The third-order valence-electron chi connectivity index (χ3n) is 5.02.